The number of nitrogens with zero attached hydrogens (tertiary/aromatic N) is 4. The lowest BCUT2D eigenvalue weighted by Crippen LogP contribution is -2.27. The van der Waals surface area contributed by atoms with Gasteiger partial charge in [0.2, 0.25) is 11.6 Å². The molecule has 12 heteroatoms. The molecule has 0 aliphatic rings. The maximum Gasteiger partial charge on any atom is 0.347 e. The summed E-state index contributed by atoms with van der Waals surface area (Å²) in [4.78, 5) is 41.5. The first-order chi connectivity index (χ1) is 19.3. The van der Waals surface area contributed by atoms with Crippen LogP contribution in [0.15, 0.2) is 85.5 Å². The van der Waals surface area contributed by atoms with Crippen molar-refractivity contribution in [3.8, 4) is 17.3 Å². The zero-order chi connectivity index (χ0) is 28.4. The molecule has 0 aliphatic carbocycles. The lowest BCUT2D eigenvalue weighted by Gasteiger charge is -2.15. The Kier molecular flexibility index (Phi) is 7.43. The van der Waals surface area contributed by atoms with Gasteiger partial charge in [0.15, 0.2) is 11.9 Å². The zero-order valence-electron chi connectivity index (χ0n) is 21.2. The van der Waals surface area contributed by atoms with Crippen molar-refractivity contribution in [3.05, 3.63) is 97.2 Å². The number of aromatic nitrogens is 2. The molecule has 0 radical (unpaired) electrons. The van der Waals surface area contributed by atoms with Crippen molar-refractivity contribution in [3.63, 3.8) is 0 Å². The number of carbonyl (C=O) groups is 1. The van der Waals surface area contributed by atoms with E-state index in [1.165, 1.54) is 31.3 Å². The lowest BCUT2D eigenvalue weighted by molar-refractivity contribution is -0.386. The molecule has 0 amide bonds. The quantitative estimate of drug-likeness (QED) is 0.0951. The van der Waals surface area contributed by atoms with E-state index in [9.17, 15) is 19.7 Å². The molecule has 202 valence electrons. The van der Waals surface area contributed by atoms with Crippen LogP contribution in [0.5, 0.6) is 5.75 Å². The molecular formula is C28H21BrN4O7. The van der Waals surface area contributed by atoms with E-state index in [1.54, 1.807) is 43.3 Å². The zero-order valence-corrected chi connectivity index (χ0v) is 22.8. The molecule has 0 fully saturated rings. The minimum absolute atomic E-state index is 0.122. The first kappa shape index (κ1) is 26.8. The number of hydrogen-bond donors (Lipinski definition) is 0. The molecule has 40 heavy (non-hydrogen) atoms. The third-order valence-electron chi connectivity index (χ3n) is 5.90. The Balaban J connectivity index is 1.66. The number of nitro benzene ring substituents is 1. The fraction of sp³-hybridized carbons (Fsp3) is 0.143. The van der Waals surface area contributed by atoms with Crippen LogP contribution in [0, 0.1) is 10.1 Å². The summed E-state index contributed by atoms with van der Waals surface area (Å²) in [6.45, 7) is 3.18. The number of benzene rings is 3. The molecule has 2 heterocycles. The van der Waals surface area contributed by atoms with E-state index in [4.69, 9.17) is 13.9 Å². The number of rotatable bonds is 8. The number of para-hydroxylation sites is 2. The molecule has 1 atom stereocenters. The second-order valence-corrected chi connectivity index (χ2v) is 9.49. The number of carbonyl (C=O) groups excluding carboxylic acids is 1. The van der Waals surface area contributed by atoms with Crippen LogP contribution in [-0.2, 0) is 9.53 Å². The SMILES string of the molecule is CCOC(=O)[C@H](C)Oc1c(C=Nn2c(-c3cc4cc(Br)ccc4o3)nc3ccccc3c2=O)cccc1[N+](=O)[O-]. The first-order valence-electron chi connectivity index (χ1n) is 12.1. The normalized spacial score (nSPS) is 12.2. The topological polar surface area (TPSA) is 139 Å². The molecule has 0 unspecified atom stereocenters. The van der Waals surface area contributed by atoms with E-state index < -0.39 is 22.6 Å². The molecule has 0 saturated heterocycles. The molecule has 3 aromatic carbocycles. The van der Waals surface area contributed by atoms with Crippen LogP contribution in [0.3, 0.4) is 0 Å². The predicted molar refractivity (Wildman–Crippen MR) is 152 cm³/mol. The van der Waals surface area contributed by atoms with Gasteiger partial charge in [-0.25, -0.2) is 9.78 Å². The highest BCUT2D eigenvalue weighted by Crippen LogP contribution is 2.32. The van der Waals surface area contributed by atoms with E-state index in [2.05, 4.69) is 26.0 Å². The first-order valence-corrected chi connectivity index (χ1v) is 12.9. The van der Waals surface area contributed by atoms with Crippen molar-refractivity contribution in [2.24, 2.45) is 5.10 Å². The largest absolute Gasteiger partial charge is 0.471 e. The molecule has 2 aromatic heterocycles. The molecular weight excluding hydrogens is 584 g/mol. The van der Waals surface area contributed by atoms with E-state index in [0.717, 1.165) is 14.5 Å². The van der Waals surface area contributed by atoms with Crippen LogP contribution in [0.1, 0.15) is 19.4 Å². The van der Waals surface area contributed by atoms with Gasteiger partial charge in [0, 0.05) is 21.5 Å². The van der Waals surface area contributed by atoms with Crippen LogP contribution in [0.25, 0.3) is 33.5 Å². The summed E-state index contributed by atoms with van der Waals surface area (Å²) in [6.07, 6.45) is 0.101. The Bertz CT molecular complexity index is 1860. The van der Waals surface area contributed by atoms with E-state index in [0.29, 0.717) is 22.2 Å². The molecule has 0 saturated carbocycles. The third kappa shape index (κ3) is 5.21. The maximum atomic E-state index is 13.6. The van der Waals surface area contributed by atoms with Gasteiger partial charge in [-0.15, -0.1) is 0 Å². The molecule has 5 rings (SSSR count). The van der Waals surface area contributed by atoms with Crippen molar-refractivity contribution >= 4 is 55.7 Å². The fourth-order valence-corrected chi connectivity index (χ4v) is 4.41. The smallest absolute Gasteiger partial charge is 0.347 e. The number of furan rings is 1. The summed E-state index contributed by atoms with van der Waals surface area (Å²) in [7, 11) is 0. The minimum atomic E-state index is -1.14. The van der Waals surface area contributed by atoms with Gasteiger partial charge in [-0.1, -0.05) is 34.1 Å². The Morgan fingerprint density at radius 2 is 2.00 bits per heavy atom. The van der Waals surface area contributed by atoms with Crippen molar-refractivity contribution in [2.45, 2.75) is 20.0 Å². The highest BCUT2D eigenvalue weighted by atomic mass is 79.9. The average Bonchev–Trinajstić information content (AvgIpc) is 3.36. The Morgan fingerprint density at radius 3 is 2.77 bits per heavy atom. The van der Waals surface area contributed by atoms with Gasteiger partial charge >= 0.3 is 11.7 Å². The van der Waals surface area contributed by atoms with Crippen LogP contribution in [0.4, 0.5) is 5.69 Å². The Morgan fingerprint density at radius 1 is 1.20 bits per heavy atom. The van der Waals surface area contributed by atoms with E-state index >= 15 is 0 Å². The number of ether oxygens (including phenoxy) is 2. The van der Waals surface area contributed by atoms with Crippen LogP contribution < -0.4 is 10.3 Å². The summed E-state index contributed by atoms with van der Waals surface area (Å²) < 4.78 is 18.6. The molecule has 0 bridgehead atoms. The Labute approximate surface area is 234 Å². The number of nitro groups is 1. The summed E-state index contributed by atoms with van der Waals surface area (Å²) in [6, 6.07) is 18.2. The van der Waals surface area contributed by atoms with Gasteiger partial charge in [-0.3, -0.25) is 14.9 Å². The monoisotopic (exact) mass is 604 g/mol. The van der Waals surface area contributed by atoms with E-state index in [-0.39, 0.29) is 29.4 Å². The fourth-order valence-electron chi connectivity index (χ4n) is 4.04. The van der Waals surface area contributed by atoms with Crippen LogP contribution in [-0.4, -0.2) is 39.5 Å². The number of esters is 1. The summed E-state index contributed by atoms with van der Waals surface area (Å²) in [5.41, 5.74) is 0.319. The highest BCUT2D eigenvalue weighted by Gasteiger charge is 2.25. The standard InChI is InChI=1S/C28H21BrN4O7/c1-3-38-28(35)16(2)39-25-17(7-6-10-22(25)33(36)37)15-30-32-26(31-21-9-5-4-8-20(21)27(32)34)24-14-18-13-19(29)11-12-23(18)40-24/h4-16H,3H2,1-2H3/t16-/m0/s1. The second-order valence-electron chi connectivity index (χ2n) is 8.57. The summed E-state index contributed by atoms with van der Waals surface area (Å²) in [5, 5.41) is 17.2. The van der Waals surface area contributed by atoms with Gasteiger partial charge in [-0.2, -0.15) is 9.78 Å². The van der Waals surface area contributed by atoms with Crippen LogP contribution in [0.2, 0.25) is 0 Å². The second kappa shape index (κ2) is 11.1. The summed E-state index contributed by atoms with van der Waals surface area (Å²) >= 11 is 3.44. The van der Waals surface area contributed by atoms with Gasteiger partial charge in [0.25, 0.3) is 5.56 Å². The Hall–Kier alpha value is -4.84. The number of halogens is 1. The predicted octanol–water partition coefficient (Wildman–Crippen LogP) is 5.69. The molecule has 0 aliphatic heterocycles. The molecule has 5 aromatic rings. The lowest BCUT2D eigenvalue weighted by atomic mass is 10.2. The number of hydrogen-bond acceptors (Lipinski definition) is 9. The highest BCUT2D eigenvalue weighted by molar-refractivity contribution is 9.10. The molecule has 0 N–H and O–H groups in total. The third-order valence-corrected chi connectivity index (χ3v) is 6.39. The summed E-state index contributed by atoms with van der Waals surface area (Å²) in [5.74, 6) is -0.467. The van der Waals surface area contributed by atoms with Gasteiger partial charge in [0.05, 0.1) is 28.6 Å². The van der Waals surface area contributed by atoms with Gasteiger partial charge < -0.3 is 13.9 Å². The molecule has 11 nitrogen and oxygen atoms in total. The van der Waals surface area contributed by atoms with Crippen LogP contribution >= 0.6 is 15.9 Å². The van der Waals surface area contributed by atoms with Crippen molar-refractivity contribution < 1.29 is 23.6 Å². The van der Waals surface area contributed by atoms with Gasteiger partial charge in [-0.05, 0) is 56.3 Å². The maximum absolute atomic E-state index is 13.6. The number of fused-ring (bicyclic) bond motifs is 2. The van der Waals surface area contributed by atoms with Crippen molar-refractivity contribution in [1.29, 1.82) is 0 Å². The minimum Gasteiger partial charge on any atom is -0.471 e. The average molecular weight is 605 g/mol. The van der Waals surface area contributed by atoms with Gasteiger partial charge in [0.1, 0.15) is 5.58 Å². The van der Waals surface area contributed by atoms with E-state index in [1.807, 2.05) is 12.1 Å². The van der Waals surface area contributed by atoms with Crippen molar-refractivity contribution in [1.82, 2.24) is 9.66 Å². The molecule has 0 spiro atoms. The van der Waals surface area contributed by atoms with Crippen molar-refractivity contribution in [2.75, 3.05) is 6.61 Å².